The van der Waals surface area contributed by atoms with Crippen molar-refractivity contribution in [2.24, 2.45) is 11.5 Å². The highest BCUT2D eigenvalue weighted by Crippen LogP contribution is 2.46. The summed E-state index contributed by atoms with van der Waals surface area (Å²) < 4.78 is -2.18. The van der Waals surface area contributed by atoms with Crippen LogP contribution in [0.5, 0.6) is 0 Å². The Hall–Kier alpha value is -4.08. The third kappa shape index (κ3) is 9.96. The lowest BCUT2D eigenvalue weighted by Crippen LogP contribution is -2.61. The normalized spacial score (nSPS) is 22.6. The Morgan fingerprint density at radius 3 is 2.11 bits per heavy atom. The molecule has 0 spiro atoms. The van der Waals surface area contributed by atoms with Crippen LogP contribution in [0.15, 0.2) is 54.6 Å². The molecule has 2 aromatic rings. The summed E-state index contributed by atoms with van der Waals surface area (Å²) in [6, 6.07) is 10.4. The first-order valence-electron chi connectivity index (χ1n) is 14.5. The number of hydrogen-bond acceptors (Lipinski definition) is 9. The summed E-state index contributed by atoms with van der Waals surface area (Å²) in [6.45, 7) is 6.15. The average molecular weight is 673 g/mol. The highest BCUT2D eigenvalue weighted by molar-refractivity contribution is 8.77. The SMILES string of the molecule is CC1(C)SSC(C)(C)[C@H](NC(=O)[C@H](N)Cc2ccc(C(N)=O)cc2)C(=O)NCC(=O)NC(Cc2ccccc2)C(=O)NC1C(=O)O. The predicted octanol–water partition coefficient (Wildman–Crippen LogP) is 0.505. The number of benzene rings is 2. The zero-order valence-electron chi connectivity index (χ0n) is 26.0. The molecule has 5 amide bonds. The van der Waals surface area contributed by atoms with Crippen molar-refractivity contribution < 1.29 is 33.9 Å². The van der Waals surface area contributed by atoms with Crippen molar-refractivity contribution in [3.05, 3.63) is 71.3 Å². The average Bonchev–Trinajstić information content (AvgIpc) is 2.99. The van der Waals surface area contributed by atoms with Gasteiger partial charge in [-0.05, 0) is 57.4 Å². The molecule has 3 rings (SSSR count). The fraction of sp³-hybridized carbons (Fsp3) is 0.419. The molecule has 13 nitrogen and oxygen atoms in total. The summed E-state index contributed by atoms with van der Waals surface area (Å²) in [7, 11) is 2.29. The number of carboxylic acids is 1. The van der Waals surface area contributed by atoms with Crippen molar-refractivity contribution in [3.63, 3.8) is 0 Å². The van der Waals surface area contributed by atoms with Crippen molar-refractivity contribution in [3.8, 4) is 0 Å². The smallest absolute Gasteiger partial charge is 0.327 e. The van der Waals surface area contributed by atoms with E-state index in [1.165, 1.54) is 12.1 Å². The van der Waals surface area contributed by atoms with Crippen LogP contribution in [0.4, 0.5) is 0 Å². The molecule has 1 fully saturated rings. The fourth-order valence-electron chi connectivity index (χ4n) is 4.62. The maximum absolute atomic E-state index is 13.5. The molecule has 0 radical (unpaired) electrons. The molecule has 46 heavy (non-hydrogen) atoms. The van der Waals surface area contributed by atoms with Crippen LogP contribution < -0.4 is 32.7 Å². The van der Waals surface area contributed by atoms with E-state index in [1.54, 1.807) is 70.2 Å². The molecule has 2 unspecified atom stereocenters. The van der Waals surface area contributed by atoms with Gasteiger partial charge in [-0.1, -0.05) is 64.1 Å². The lowest BCUT2D eigenvalue weighted by Gasteiger charge is -2.38. The minimum Gasteiger partial charge on any atom is -0.480 e. The number of carbonyl (C=O) groups excluding carboxylic acids is 5. The number of nitrogens with one attached hydrogen (secondary N) is 4. The van der Waals surface area contributed by atoms with Crippen LogP contribution in [0.2, 0.25) is 0 Å². The van der Waals surface area contributed by atoms with Crippen molar-refractivity contribution in [1.82, 2.24) is 21.3 Å². The van der Waals surface area contributed by atoms with Crippen molar-refractivity contribution in [1.29, 1.82) is 0 Å². The Morgan fingerprint density at radius 2 is 1.52 bits per heavy atom. The molecule has 15 heteroatoms. The van der Waals surface area contributed by atoms with E-state index in [-0.39, 0.29) is 12.8 Å². The Labute approximate surface area is 275 Å². The number of rotatable bonds is 8. The van der Waals surface area contributed by atoms with Crippen molar-refractivity contribution in [2.45, 2.75) is 74.2 Å². The summed E-state index contributed by atoms with van der Waals surface area (Å²) in [5, 5.41) is 20.6. The van der Waals surface area contributed by atoms with Gasteiger partial charge in [0.25, 0.3) is 0 Å². The van der Waals surface area contributed by atoms with Crippen molar-refractivity contribution in [2.75, 3.05) is 6.54 Å². The zero-order chi connectivity index (χ0) is 34.2. The van der Waals surface area contributed by atoms with E-state index in [1.807, 2.05) is 0 Å². The second kappa shape index (κ2) is 15.5. The highest BCUT2D eigenvalue weighted by Gasteiger charge is 2.44. The molecule has 0 aliphatic carbocycles. The molecule has 1 saturated heterocycles. The quantitative estimate of drug-likeness (QED) is 0.192. The second-order valence-corrected chi connectivity index (χ2v) is 15.4. The van der Waals surface area contributed by atoms with Gasteiger partial charge in [-0.15, -0.1) is 0 Å². The largest absolute Gasteiger partial charge is 0.480 e. The molecule has 0 aromatic heterocycles. The number of amides is 5. The molecule has 1 aliphatic heterocycles. The third-order valence-corrected chi connectivity index (χ3v) is 11.6. The Kier molecular flexibility index (Phi) is 12.2. The van der Waals surface area contributed by atoms with Crippen LogP contribution >= 0.6 is 21.6 Å². The summed E-state index contributed by atoms with van der Waals surface area (Å²) in [6.07, 6.45) is 0.176. The van der Waals surface area contributed by atoms with E-state index in [9.17, 15) is 33.9 Å². The summed E-state index contributed by atoms with van der Waals surface area (Å²) in [5.74, 6) is -4.55. The number of carboxylic acid groups (broad SMARTS) is 1. The van der Waals surface area contributed by atoms with E-state index >= 15 is 0 Å². The molecule has 248 valence electrons. The summed E-state index contributed by atoms with van der Waals surface area (Å²) >= 11 is 0. The number of carbonyl (C=O) groups is 6. The highest BCUT2D eigenvalue weighted by atomic mass is 33.1. The van der Waals surface area contributed by atoms with Gasteiger partial charge in [0, 0.05) is 16.7 Å². The van der Waals surface area contributed by atoms with E-state index in [0.29, 0.717) is 11.1 Å². The lowest BCUT2D eigenvalue weighted by molar-refractivity contribution is -0.143. The molecular weight excluding hydrogens is 633 g/mol. The van der Waals surface area contributed by atoms with Crippen LogP contribution in [0, 0.1) is 0 Å². The lowest BCUT2D eigenvalue weighted by atomic mass is 10.00. The number of aliphatic carboxylic acids is 1. The van der Waals surface area contributed by atoms with Gasteiger partial charge >= 0.3 is 5.97 Å². The maximum Gasteiger partial charge on any atom is 0.327 e. The zero-order valence-corrected chi connectivity index (χ0v) is 27.6. The Morgan fingerprint density at radius 1 is 0.913 bits per heavy atom. The van der Waals surface area contributed by atoms with Gasteiger partial charge in [-0.25, -0.2) is 4.79 Å². The topological polar surface area (TPSA) is 223 Å². The first-order valence-corrected chi connectivity index (χ1v) is 16.6. The first-order chi connectivity index (χ1) is 21.5. The second-order valence-electron chi connectivity index (χ2n) is 12.0. The van der Waals surface area contributed by atoms with Gasteiger partial charge < -0.3 is 37.8 Å². The first kappa shape index (κ1) is 36.4. The van der Waals surface area contributed by atoms with E-state index in [2.05, 4.69) is 21.3 Å². The fourth-order valence-corrected chi connectivity index (χ4v) is 7.43. The Balaban J connectivity index is 1.87. The van der Waals surface area contributed by atoms with Gasteiger partial charge in [0.1, 0.15) is 18.1 Å². The minimum absolute atomic E-state index is 0.0792. The number of nitrogens with two attached hydrogens (primary N) is 2. The van der Waals surface area contributed by atoms with E-state index in [4.69, 9.17) is 11.5 Å². The molecular formula is C31H40N6O7S2. The van der Waals surface area contributed by atoms with E-state index in [0.717, 1.165) is 27.2 Å². The van der Waals surface area contributed by atoms with Crippen LogP contribution in [0.1, 0.15) is 49.2 Å². The monoisotopic (exact) mass is 672 g/mol. The van der Waals surface area contributed by atoms with Crippen LogP contribution in [-0.4, -0.2) is 80.8 Å². The predicted molar refractivity (Wildman–Crippen MR) is 177 cm³/mol. The summed E-state index contributed by atoms with van der Waals surface area (Å²) in [4.78, 5) is 76.9. The van der Waals surface area contributed by atoms with Gasteiger partial charge in [0.2, 0.25) is 29.5 Å². The number of primary amides is 1. The number of hydrogen-bond donors (Lipinski definition) is 7. The molecule has 1 heterocycles. The molecule has 4 atom stereocenters. The molecule has 9 N–H and O–H groups in total. The third-order valence-electron chi connectivity index (χ3n) is 7.33. The molecule has 2 aromatic carbocycles. The minimum atomic E-state index is -1.37. The van der Waals surface area contributed by atoms with Gasteiger partial charge in [-0.2, -0.15) is 0 Å². The van der Waals surface area contributed by atoms with E-state index < -0.39 is 75.7 Å². The Bertz CT molecular complexity index is 1450. The standard InChI is InChI=1S/C31H40N6O7S2/c1-30(2)23(36-26(40)20(32)14-18-10-12-19(13-11-18)25(33)39)28(42)34-16-22(38)35-21(15-17-8-6-5-7-9-17)27(41)37-24(29(43)44)31(3,4)46-45-30/h5-13,20-21,23-24H,14-16,32H2,1-4H3,(H2,33,39)(H,34,42)(H,35,38)(H,36,40)(H,37,41)(H,43,44)/t20-,21?,23-,24?/m1/s1. The van der Waals surface area contributed by atoms with Gasteiger partial charge in [0.05, 0.1) is 17.3 Å². The van der Waals surface area contributed by atoms with Gasteiger partial charge in [-0.3, -0.25) is 24.0 Å². The van der Waals surface area contributed by atoms with Crippen LogP contribution in [0.25, 0.3) is 0 Å². The molecule has 1 aliphatic rings. The van der Waals surface area contributed by atoms with Crippen LogP contribution in [0.3, 0.4) is 0 Å². The van der Waals surface area contributed by atoms with Crippen LogP contribution in [-0.2, 0) is 36.8 Å². The van der Waals surface area contributed by atoms with Gasteiger partial charge in [0.15, 0.2) is 0 Å². The molecule has 0 saturated carbocycles. The van der Waals surface area contributed by atoms with Crippen molar-refractivity contribution >= 4 is 57.1 Å². The molecule has 0 bridgehead atoms. The maximum atomic E-state index is 13.5. The summed E-state index contributed by atoms with van der Waals surface area (Å²) in [5.41, 5.74) is 13.2.